The van der Waals surface area contributed by atoms with Crippen molar-refractivity contribution in [2.45, 2.75) is 5.88 Å². The molecular weight excluding hydrogens is 269 g/mol. The predicted octanol–water partition coefficient (Wildman–Crippen LogP) is 4.74. The van der Waals surface area contributed by atoms with Gasteiger partial charge < -0.3 is 4.74 Å². The van der Waals surface area contributed by atoms with Crippen molar-refractivity contribution in [3.8, 4) is 17.6 Å². The van der Waals surface area contributed by atoms with Crippen molar-refractivity contribution in [1.29, 1.82) is 5.26 Å². The number of nitriles is 1. The molecule has 2 aromatic carbocycles. The molecule has 0 fully saturated rings. The van der Waals surface area contributed by atoms with Gasteiger partial charge in [-0.2, -0.15) is 5.26 Å². The van der Waals surface area contributed by atoms with Crippen LogP contribution in [-0.4, -0.2) is 0 Å². The second kappa shape index (κ2) is 5.77. The quantitative estimate of drug-likeness (QED) is 0.759. The van der Waals surface area contributed by atoms with Gasteiger partial charge in [0.1, 0.15) is 11.5 Å². The Kier molecular flexibility index (Phi) is 4.09. The molecule has 90 valence electrons. The van der Waals surface area contributed by atoms with E-state index in [1.54, 1.807) is 30.3 Å². The number of benzene rings is 2. The molecule has 0 aromatic heterocycles. The summed E-state index contributed by atoms with van der Waals surface area (Å²) in [5.74, 6) is 1.50. The van der Waals surface area contributed by atoms with Gasteiger partial charge in [-0.1, -0.05) is 23.7 Å². The molecule has 0 aliphatic rings. The van der Waals surface area contributed by atoms with Gasteiger partial charge >= 0.3 is 0 Å². The lowest BCUT2D eigenvalue weighted by Gasteiger charge is -2.11. The summed E-state index contributed by atoms with van der Waals surface area (Å²) < 4.78 is 5.70. The number of rotatable bonds is 3. The first kappa shape index (κ1) is 12.8. The highest BCUT2D eigenvalue weighted by atomic mass is 35.5. The number of hydrogen-bond acceptors (Lipinski definition) is 2. The molecule has 0 saturated carbocycles. The lowest BCUT2D eigenvalue weighted by Crippen LogP contribution is -1.90. The third-order valence-corrected chi connectivity index (χ3v) is 2.98. The van der Waals surface area contributed by atoms with Crippen molar-refractivity contribution in [3.05, 3.63) is 58.6 Å². The van der Waals surface area contributed by atoms with Crippen molar-refractivity contribution in [3.63, 3.8) is 0 Å². The number of nitrogens with zero attached hydrogens (tertiary/aromatic N) is 1. The largest absolute Gasteiger partial charge is 0.455 e. The average Bonchev–Trinajstić information content (AvgIpc) is 2.42. The van der Waals surface area contributed by atoms with Crippen LogP contribution in [0.1, 0.15) is 11.1 Å². The van der Waals surface area contributed by atoms with E-state index in [1.165, 1.54) is 0 Å². The van der Waals surface area contributed by atoms with E-state index in [4.69, 9.17) is 33.2 Å². The minimum atomic E-state index is 0.326. The zero-order chi connectivity index (χ0) is 13.0. The Morgan fingerprint density at radius 3 is 2.44 bits per heavy atom. The Labute approximate surface area is 115 Å². The van der Waals surface area contributed by atoms with Crippen molar-refractivity contribution < 1.29 is 4.74 Å². The van der Waals surface area contributed by atoms with Gasteiger partial charge in [0.25, 0.3) is 0 Å². The number of halogens is 2. The van der Waals surface area contributed by atoms with Crippen LogP contribution in [0.15, 0.2) is 42.5 Å². The molecule has 0 bridgehead atoms. The molecule has 0 unspecified atom stereocenters. The third-order valence-electron chi connectivity index (χ3n) is 2.40. The highest BCUT2D eigenvalue weighted by Crippen LogP contribution is 2.33. The van der Waals surface area contributed by atoms with E-state index in [1.807, 2.05) is 18.2 Å². The van der Waals surface area contributed by atoms with Gasteiger partial charge in [0, 0.05) is 5.56 Å². The zero-order valence-electron chi connectivity index (χ0n) is 9.36. The van der Waals surface area contributed by atoms with Crippen LogP contribution in [0, 0.1) is 11.3 Å². The van der Waals surface area contributed by atoms with Crippen LogP contribution < -0.4 is 4.74 Å². The monoisotopic (exact) mass is 277 g/mol. The van der Waals surface area contributed by atoms with Crippen LogP contribution in [0.3, 0.4) is 0 Å². The molecular formula is C14H9Cl2NO. The summed E-state index contributed by atoms with van der Waals surface area (Å²) in [4.78, 5) is 0. The third kappa shape index (κ3) is 2.76. The minimum absolute atomic E-state index is 0.326. The van der Waals surface area contributed by atoms with E-state index < -0.39 is 0 Å². The Balaban J connectivity index is 2.31. The fraction of sp³-hybridized carbons (Fsp3) is 0.0714. The Morgan fingerprint density at radius 2 is 1.83 bits per heavy atom. The number of hydrogen-bond donors (Lipinski definition) is 0. The maximum Gasteiger partial charge on any atom is 0.150 e. The first-order valence-corrected chi connectivity index (χ1v) is 6.17. The molecule has 0 aliphatic heterocycles. The summed E-state index contributed by atoms with van der Waals surface area (Å²) in [5.41, 5.74) is 1.41. The molecule has 2 aromatic rings. The number of para-hydroxylation sites is 1. The van der Waals surface area contributed by atoms with Crippen molar-refractivity contribution >= 4 is 23.2 Å². The Bertz CT molecular complexity index is 588. The van der Waals surface area contributed by atoms with E-state index in [-0.39, 0.29) is 0 Å². The molecule has 0 spiro atoms. The van der Waals surface area contributed by atoms with Crippen molar-refractivity contribution in [1.82, 2.24) is 0 Å². The fourth-order valence-electron chi connectivity index (χ4n) is 1.49. The van der Waals surface area contributed by atoms with Gasteiger partial charge in [-0.3, -0.25) is 0 Å². The summed E-state index contributed by atoms with van der Waals surface area (Å²) in [6, 6.07) is 14.3. The van der Waals surface area contributed by atoms with Crippen LogP contribution in [-0.2, 0) is 5.88 Å². The van der Waals surface area contributed by atoms with Crippen LogP contribution in [0.25, 0.3) is 0 Å². The van der Waals surface area contributed by atoms with E-state index >= 15 is 0 Å². The lowest BCUT2D eigenvalue weighted by atomic mass is 10.2. The summed E-state index contributed by atoms with van der Waals surface area (Å²) in [7, 11) is 0. The summed E-state index contributed by atoms with van der Waals surface area (Å²) in [6.45, 7) is 0. The van der Waals surface area contributed by atoms with Gasteiger partial charge in [0.15, 0.2) is 0 Å². The number of ether oxygens (including phenoxy) is 1. The summed E-state index contributed by atoms with van der Waals surface area (Å²) in [6.07, 6.45) is 0. The second-order valence-corrected chi connectivity index (χ2v) is 4.27. The van der Waals surface area contributed by atoms with Crippen molar-refractivity contribution in [2.75, 3.05) is 0 Å². The predicted molar refractivity (Wildman–Crippen MR) is 72.2 cm³/mol. The van der Waals surface area contributed by atoms with E-state index in [9.17, 15) is 0 Å². The maximum absolute atomic E-state index is 8.72. The van der Waals surface area contributed by atoms with E-state index in [0.717, 1.165) is 5.56 Å². The fourth-order valence-corrected chi connectivity index (χ4v) is 1.93. The van der Waals surface area contributed by atoms with Crippen LogP contribution in [0.2, 0.25) is 5.02 Å². The molecule has 0 amide bonds. The normalized spacial score (nSPS) is 9.83. The van der Waals surface area contributed by atoms with Gasteiger partial charge in [0.2, 0.25) is 0 Å². The number of alkyl halides is 1. The molecule has 4 heteroatoms. The minimum Gasteiger partial charge on any atom is -0.455 e. The summed E-state index contributed by atoms with van der Waals surface area (Å²) in [5, 5.41) is 9.23. The second-order valence-electron chi connectivity index (χ2n) is 3.60. The van der Waals surface area contributed by atoms with Gasteiger partial charge in [-0.05, 0) is 30.3 Å². The Morgan fingerprint density at radius 1 is 1.11 bits per heavy atom. The van der Waals surface area contributed by atoms with Crippen molar-refractivity contribution in [2.24, 2.45) is 0 Å². The highest BCUT2D eigenvalue weighted by Gasteiger charge is 2.08. The van der Waals surface area contributed by atoms with E-state index in [2.05, 4.69) is 0 Å². The smallest absolute Gasteiger partial charge is 0.150 e. The van der Waals surface area contributed by atoms with Crippen LogP contribution >= 0.6 is 23.2 Å². The van der Waals surface area contributed by atoms with Crippen LogP contribution in [0.4, 0.5) is 0 Å². The van der Waals surface area contributed by atoms with Gasteiger partial charge in [0.05, 0.1) is 22.5 Å². The first-order valence-electron chi connectivity index (χ1n) is 5.26. The lowest BCUT2D eigenvalue weighted by molar-refractivity contribution is 0.478. The maximum atomic E-state index is 8.72. The van der Waals surface area contributed by atoms with Gasteiger partial charge in [-0.25, -0.2) is 0 Å². The summed E-state index contributed by atoms with van der Waals surface area (Å²) >= 11 is 11.9. The Hall–Kier alpha value is -1.69. The average molecular weight is 278 g/mol. The van der Waals surface area contributed by atoms with E-state index in [0.29, 0.717) is 28.0 Å². The highest BCUT2D eigenvalue weighted by molar-refractivity contribution is 6.32. The van der Waals surface area contributed by atoms with Crippen LogP contribution in [0.5, 0.6) is 11.5 Å². The molecule has 0 heterocycles. The molecule has 2 nitrogen and oxygen atoms in total. The molecule has 2 rings (SSSR count). The molecule has 0 radical (unpaired) electrons. The van der Waals surface area contributed by atoms with Gasteiger partial charge in [-0.15, -0.1) is 11.6 Å². The first-order chi connectivity index (χ1) is 8.74. The molecule has 18 heavy (non-hydrogen) atoms. The SMILES string of the molecule is N#Cc1ccc(Oc2c(Cl)cccc2CCl)cc1. The zero-order valence-corrected chi connectivity index (χ0v) is 10.9. The molecule has 0 saturated heterocycles. The topological polar surface area (TPSA) is 33.0 Å². The molecule has 0 N–H and O–H groups in total. The standard InChI is InChI=1S/C14H9Cl2NO/c15-8-11-2-1-3-13(16)14(11)18-12-6-4-10(9-17)5-7-12/h1-7H,8H2. The molecule has 0 aliphatic carbocycles. The molecule has 0 atom stereocenters.